The quantitative estimate of drug-likeness (QED) is 0.800. The van der Waals surface area contributed by atoms with Gasteiger partial charge < -0.3 is 0 Å². The summed E-state index contributed by atoms with van der Waals surface area (Å²) in [6.45, 7) is 1.86. The summed E-state index contributed by atoms with van der Waals surface area (Å²) < 4.78 is 39.7. The molecule has 0 bridgehead atoms. The Kier molecular flexibility index (Phi) is 3.80. The van der Waals surface area contributed by atoms with E-state index in [1.165, 1.54) is 24.4 Å². The minimum Gasteiger partial charge on any atom is -0.220 e. The molecule has 102 valence electrons. The van der Waals surface area contributed by atoms with E-state index in [1.807, 2.05) is 6.92 Å². The van der Waals surface area contributed by atoms with Crippen molar-refractivity contribution >= 4 is 11.6 Å². The fraction of sp³-hybridized carbons (Fsp3) is 0.333. The van der Waals surface area contributed by atoms with Gasteiger partial charge in [-0.2, -0.15) is 13.2 Å². The van der Waals surface area contributed by atoms with E-state index in [2.05, 4.69) is 10.3 Å². The van der Waals surface area contributed by atoms with Crippen LogP contribution in [0, 0.1) is 0 Å². The molecule has 2 rings (SSSR count). The van der Waals surface area contributed by atoms with Gasteiger partial charge in [-0.05, 0) is 18.6 Å². The van der Waals surface area contributed by atoms with Crippen molar-refractivity contribution in [1.29, 1.82) is 0 Å². The molecular formula is C12H11ClF3N3. The number of hydrogen-bond donors (Lipinski definition) is 0. The van der Waals surface area contributed by atoms with E-state index in [0.717, 1.165) is 10.7 Å². The second kappa shape index (κ2) is 5.21. The Labute approximate surface area is 113 Å². The van der Waals surface area contributed by atoms with E-state index in [-0.39, 0.29) is 11.1 Å². The summed E-state index contributed by atoms with van der Waals surface area (Å²) in [5.41, 5.74) is -0.357. The molecule has 2 aromatic rings. The van der Waals surface area contributed by atoms with Crippen molar-refractivity contribution in [2.75, 3.05) is 0 Å². The number of alkyl halides is 4. The van der Waals surface area contributed by atoms with Crippen molar-refractivity contribution in [3.8, 4) is 5.69 Å². The lowest BCUT2D eigenvalue weighted by atomic mass is 10.1. The molecule has 1 unspecified atom stereocenters. The lowest BCUT2D eigenvalue weighted by Crippen LogP contribution is -2.10. The van der Waals surface area contributed by atoms with Gasteiger partial charge in [0.25, 0.3) is 0 Å². The van der Waals surface area contributed by atoms with Crippen LogP contribution in [-0.2, 0) is 6.18 Å². The lowest BCUT2D eigenvalue weighted by Gasteiger charge is -2.11. The molecule has 1 atom stereocenters. The van der Waals surface area contributed by atoms with E-state index in [1.54, 1.807) is 0 Å². The van der Waals surface area contributed by atoms with E-state index < -0.39 is 11.7 Å². The average molecular weight is 290 g/mol. The minimum absolute atomic E-state index is 0.0614. The fourth-order valence-corrected chi connectivity index (χ4v) is 1.76. The van der Waals surface area contributed by atoms with Crippen molar-refractivity contribution < 1.29 is 13.2 Å². The van der Waals surface area contributed by atoms with Crippen LogP contribution >= 0.6 is 11.6 Å². The maximum Gasteiger partial charge on any atom is 0.418 e. The largest absolute Gasteiger partial charge is 0.418 e. The predicted octanol–water partition coefficient (Wildman–Crippen LogP) is 3.98. The van der Waals surface area contributed by atoms with Crippen LogP contribution in [0.2, 0.25) is 0 Å². The molecule has 1 aromatic carbocycles. The molecule has 0 N–H and O–H groups in total. The van der Waals surface area contributed by atoms with Gasteiger partial charge in [0, 0.05) is 0 Å². The average Bonchev–Trinajstić information content (AvgIpc) is 2.86. The first-order valence-electron chi connectivity index (χ1n) is 5.66. The van der Waals surface area contributed by atoms with Crippen LogP contribution in [0.5, 0.6) is 0 Å². The molecule has 0 aliphatic carbocycles. The zero-order chi connectivity index (χ0) is 14.0. The standard InChI is InChI=1S/C12H11ClF3N3/c1-2-9(13)10-7-19(18-17-10)11-6-4-3-5-8(11)12(14,15)16/h3-7,9H,2H2,1H3. The van der Waals surface area contributed by atoms with Gasteiger partial charge in [0.05, 0.1) is 22.8 Å². The van der Waals surface area contributed by atoms with Gasteiger partial charge in [0.15, 0.2) is 0 Å². The van der Waals surface area contributed by atoms with E-state index in [9.17, 15) is 13.2 Å². The van der Waals surface area contributed by atoms with Crippen molar-refractivity contribution in [3.05, 3.63) is 41.7 Å². The van der Waals surface area contributed by atoms with Gasteiger partial charge in [-0.1, -0.05) is 24.3 Å². The van der Waals surface area contributed by atoms with Gasteiger partial charge in [0.1, 0.15) is 5.69 Å². The molecule has 0 radical (unpaired) electrons. The highest BCUT2D eigenvalue weighted by Crippen LogP contribution is 2.33. The summed E-state index contributed by atoms with van der Waals surface area (Å²) >= 11 is 5.98. The first-order valence-corrected chi connectivity index (χ1v) is 6.10. The molecule has 19 heavy (non-hydrogen) atoms. The predicted molar refractivity (Wildman–Crippen MR) is 65.2 cm³/mol. The first kappa shape index (κ1) is 13.9. The van der Waals surface area contributed by atoms with Gasteiger partial charge in [-0.25, -0.2) is 4.68 Å². The Morgan fingerprint density at radius 1 is 1.32 bits per heavy atom. The van der Waals surface area contributed by atoms with E-state index >= 15 is 0 Å². The highest BCUT2D eigenvalue weighted by atomic mass is 35.5. The number of nitrogens with zero attached hydrogens (tertiary/aromatic N) is 3. The van der Waals surface area contributed by atoms with Crippen molar-refractivity contribution in [2.24, 2.45) is 0 Å². The van der Waals surface area contributed by atoms with Crippen LogP contribution in [0.3, 0.4) is 0 Å². The molecule has 0 aliphatic heterocycles. The van der Waals surface area contributed by atoms with Crippen LogP contribution < -0.4 is 0 Å². The molecule has 0 amide bonds. The topological polar surface area (TPSA) is 30.7 Å². The first-order chi connectivity index (χ1) is 8.93. The Morgan fingerprint density at radius 3 is 2.63 bits per heavy atom. The Balaban J connectivity index is 2.45. The number of para-hydroxylation sites is 1. The molecule has 1 aromatic heterocycles. The maximum atomic E-state index is 12.9. The van der Waals surface area contributed by atoms with Gasteiger partial charge in [-0.3, -0.25) is 0 Å². The zero-order valence-corrected chi connectivity index (χ0v) is 10.8. The number of halogens is 4. The van der Waals surface area contributed by atoms with Crippen molar-refractivity contribution in [1.82, 2.24) is 15.0 Å². The molecule has 0 aliphatic rings. The molecule has 0 fully saturated rings. The lowest BCUT2D eigenvalue weighted by molar-refractivity contribution is -0.137. The highest BCUT2D eigenvalue weighted by molar-refractivity contribution is 6.20. The van der Waals surface area contributed by atoms with Crippen LogP contribution in [0.4, 0.5) is 13.2 Å². The van der Waals surface area contributed by atoms with Gasteiger partial charge in [-0.15, -0.1) is 16.7 Å². The number of aromatic nitrogens is 3. The Morgan fingerprint density at radius 2 is 2.00 bits per heavy atom. The SMILES string of the molecule is CCC(Cl)c1cn(-c2ccccc2C(F)(F)F)nn1. The fourth-order valence-electron chi connectivity index (χ4n) is 1.66. The molecular weight excluding hydrogens is 279 g/mol. The molecule has 1 heterocycles. The number of benzene rings is 1. The van der Waals surface area contributed by atoms with Crippen LogP contribution in [0.15, 0.2) is 30.5 Å². The molecule has 7 heteroatoms. The third-order valence-electron chi connectivity index (χ3n) is 2.65. The third-order valence-corrected chi connectivity index (χ3v) is 3.18. The summed E-state index contributed by atoms with van der Waals surface area (Å²) in [5, 5.41) is 7.16. The Bertz CT molecular complexity index is 565. The number of rotatable bonds is 3. The monoisotopic (exact) mass is 289 g/mol. The molecule has 3 nitrogen and oxygen atoms in total. The van der Waals surface area contributed by atoms with Crippen molar-refractivity contribution in [2.45, 2.75) is 24.9 Å². The second-order valence-corrected chi connectivity index (χ2v) is 4.51. The van der Waals surface area contributed by atoms with Gasteiger partial charge >= 0.3 is 6.18 Å². The molecule has 0 saturated heterocycles. The maximum absolute atomic E-state index is 12.9. The van der Waals surface area contributed by atoms with Gasteiger partial charge in [0.2, 0.25) is 0 Å². The van der Waals surface area contributed by atoms with E-state index in [4.69, 9.17) is 11.6 Å². The normalized spacial score (nSPS) is 13.5. The zero-order valence-electron chi connectivity index (χ0n) is 10.0. The molecule has 0 spiro atoms. The van der Waals surface area contributed by atoms with Crippen LogP contribution in [0.25, 0.3) is 5.69 Å². The number of hydrogen-bond acceptors (Lipinski definition) is 2. The summed E-state index contributed by atoms with van der Waals surface area (Å²) in [7, 11) is 0. The minimum atomic E-state index is -4.44. The van der Waals surface area contributed by atoms with Crippen LogP contribution in [0.1, 0.15) is 30.0 Å². The Hall–Kier alpha value is -1.56. The summed E-state index contributed by atoms with van der Waals surface area (Å²) in [6.07, 6.45) is -2.39. The molecule has 0 saturated carbocycles. The van der Waals surface area contributed by atoms with E-state index in [0.29, 0.717) is 12.1 Å². The third kappa shape index (κ3) is 2.89. The van der Waals surface area contributed by atoms with Crippen molar-refractivity contribution in [3.63, 3.8) is 0 Å². The van der Waals surface area contributed by atoms with Crippen LogP contribution in [-0.4, -0.2) is 15.0 Å². The highest BCUT2D eigenvalue weighted by Gasteiger charge is 2.34. The second-order valence-electron chi connectivity index (χ2n) is 3.98. The summed E-state index contributed by atoms with van der Waals surface area (Å²) in [4.78, 5) is 0. The summed E-state index contributed by atoms with van der Waals surface area (Å²) in [5.74, 6) is 0. The smallest absolute Gasteiger partial charge is 0.220 e. The summed E-state index contributed by atoms with van der Waals surface area (Å²) in [6, 6.07) is 5.20.